The van der Waals surface area contributed by atoms with Crippen molar-refractivity contribution in [3.8, 4) is 11.1 Å². The second-order valence-corrected chi connectivity index (χ2v) is 5.49. The number of carbonyl (C=O) groups is 4. The van der Waals surface area contributed by atoms with Gasteiger partial charge in [-0.15, -0.1) is 0 Å². The van der Waals surface area contributed by atoms with Gasteiger partial charge in [-0.25, -0.2) is 45.5 Å². The number of carbonyl (C=O) groups excluding carboxylic acids is 4. The van der Waals surface area contributed by atoms with E-state index in [9.17, 15) is 45.5 Å². The molecule has 12 heteroatoms. The van der Waals surface area contributed by atoms with Crippen LogP contribution < -0.4 is 0 Å². The number of esters is 4. The van der Waals surface area contributed by atoms with E-state index >= 15 is 0 Å². The summed E-state index contributed by atoms with van der Waals surface area (Å²) < 4.78 is 94.1. The van der Waals surface area contributed by atoms with E-state index in [0.717, 1.165) is 0 Å². The SMILES string of the molecule is O=C1OC(=O)c2c(F)c(-c3c(F)c(F)c4c(c3F)C(=O)OC4=O)c(F)c(F)c21. The molecule has 28 heavy (non-hydrogen) atoms. The Kier molecular flexibility index (Phi) is 3.42. The lowest BCUT2D eigenvalue weighted by Crippen LogP contribution is -2.12. The summed E-state index contributed by atoms with van der Waals surface area (Å²) in [6.07, 6.45) is 0. The number of rotatable bonds is 1. The first kappa shape index (κ1) is 17.7. The number of cyclic esters (lactones) is 4. The van der Waals surface area contributed by atoms with Gasteiger partial charge in [0, 0.05) is 0 Å². The highest BCUT2D eigenvalue weighted by atomic mass is 19.2. The Bertz CT molecular complexity index is 1110. The molecule has 0 atom stereocenters. The van der Waals surface area contributed by atoms with Gasteiger partial charge in [0.2, 0.25) is 0 Å². The summed E-state index contributed by atoms with van der Waals surface area (Å²) in [4.78, 5) is 45.7. The molecule has 0 radical (unpaired) electrons. The van der Waals surface area contributed by atoms with Gasteiger partial charge in [-0.2, -0.15) is 0 Å². The van der Waals surface area contributed by atoms with Crippen LogP contribution >= 0.6 is 0 Å². The van der Waals surface area contributed by atoms with Gasteiger partial charge in [-0.1, -0.05) is 0 Å². The molecule has 2 aliphatic heterocycles. The second-order valence-electron chi connectivity index (χ2n) is 5.49. The molecule has 0 saturated heterocycles. The van der Waals surface area contributed by atoms with Crippen LogP contribution in [0, 0.1) is 34.9 Å². The van der Waals surface area contributed by atoms with E-state index in [-0.39, 0.29) is 0 Å². The van der Waals surface area contributed by atoms with Gasteiger partial charge < -0.3 is 9.47 Å². The van der Waals surface area contributed by atoms with Crippen LogP contribution in [0.4, 0.5) is 26.3 Å². The fourth-order valence-electron chi connectivity index (χ4n) is 2.90. The van der Waals surface area contributed by atoms with Gasteiger partial charge >= 0.3 is 23.9 Å². The first-order valence-electron chi connectivity index (χ1n) is 7.02. The molecule has 0 saturated carbocycles. The highest BCUT2D eigenvalue weighted by Gasteiger charge is 2.45. The number of fused-ring (bicyclic) bond motifs is 2. The van der Waals surface area contributed by atoms with Crippen molar-refractivity contribution in [2.45, 2.75) is 0 Å². The predicted molar refractivity (Wildman–Crippen MR) is 71.1 cm³/mol. The first-order chi connectivity index (χ1) is 13.1. The molecule has 0 fully saturated rings. The molecule has 2 aromatic carbocycles. The van der Waals surface area contributed by atoms with Gasteiger partial charge in [-0.05, 0) is 0 Å². The zero-order valence-corrected chi connectivity index (χ0v) is 12.7. The molecule has 2 heterocycles. The molecule has 0 unspecified atom stereocenters. The summed E-state index contributed by atoms with van der Waals surface area (Å²) in [5, 5.41) is 0. The number of ether oxygens (including phenoxy) is 2. The fourth-order valence-corrected chi connectivity index (χ4v) is 2.90. The summed E-state index contributed by atoms with van der Waals surface area (Å²) in [5.41, 5.74) is -9.71. The third kappa shape index (κ3) is 1.94. The zero-order valence-electron chi connectivity index (χ0n) is 12.7. The molecular weight excluding hydrogens is 402 g/mol. The second kappa shape index (κ2) is 5.41. The molecular formula is C16F6O6. The minimum atomic E-state index is -2.36. The van der Waals surface area contributed by atoms with Gasteiger partial charge in [0.15, 0.2) is 23.3 Å². The van der Waals surface area contributed by atoms with Crippen molar-refractivity contribution in [2.75, 3.05) is 0 Å². The largest absolute Gasteiger partial charge is 0.385 e. The Balaban J connectivity index is 2.17. The lowest BCUT2D eigenvalue weighted by atomic mass is 9.93. The maximum Gasteiger partial charge on any atom is 0.350 e. The van der Waals surface area contributed by atoms with Crippen molar-refractivity contribution in [3.05, 3.63) is 57.2 Å². The van der Waals surface area contributed by atoms with Gasteiger partial charge in [0.05, 0.1) is 11.1 Å². The summed E-state index contributed by atoms with van der Waals surface area (Å²) in [6, 6.07) is 0. The highest BCUT2D eigenvalue weighted by molar-refractivity contribution is 6.17. The first-order valence-corrected chi connectivity index (χ1v) is 7.02. The van der Waals surface area contributed by atoms with Gasteiger partial charge in [0.25, 0.3) is 0 Å². The quantitative estimate of drug-likeness (QED) is 0.316. The smallest absolute Gasteiger partial charge is 0.350 e. The number of hydrogen-bond donors (Lipinski definition) is 0. The van der Waals surface area contributed by atoms with Gasteiger partial charge in [0.1, 0.15) is 33.9 Å². The van der Waals surface area contributed by atoms with Crippen molar-refractivity contribution >= 4 is 23.9 Å². The molecule has 6 nitrogen and oxygen atoms in total. The van der Waals surface area contributed by atoms with Crippen molar-refractivity contribution in [1.29, 1.82) is 0 Å². The molecule has 2 aliphatic rings. The molecule has 0 amide bonds. The van der Waals surface area contributed by atoms with Crippen LogP contribution in [-0.2, 0) is 9.47 Å². The van der Waals surface area contributed by atoms with Crippen LogP contribution in [0.15, 0.2) is 0 Å². The minimum Gasteiger partial charge on any atom is -0.385 e. The average Bonchev–Trinajstić information content (AvgIpc) is 3.09. The molecule has 4 rings (SSSR count). The maximum absolute atomic E-state index is 14.6. The minimum absolute atomic E-state index is 1.46. The van der Waals surface area contributed by atoms with E-state index in [1.807, 2.05) is 0 Å². The van der Waals surface area contributed by atoms with Crippen LogP contribution in [0.2, 0.25) is 0 Å². The van der Waals surface area contributed by atoms with Crippen LogP contribution in [0.5, 0.6) is 0 Å². The van der Waals surface area contributed by atoms with E-state index in [4.69, 9.17) is 0 Å². The monoisotopic (exact) mass is 402 g/mol. The summed E-state index contributed by atoms with van der Waals surface area (Å²) in [7, 11) is 0. The summed E-state index contributed by atoms with van der Waals surface area (Å²) >= 11 is 0. The maximum atomic E-state index is 14.6. The van der Waals surface area contributed by atoms with Gasteiger partial charge in [-0.3, -0.25) is 0 Å². The third-order valence-electron chi connectivity index (χ3n) is 4.08. The van der Waals surface area contributed by atoms with Crippen molar-refractivity contribution < 1.29 is 55.0 Å². The Morgan fingerprint density at radius 2 is 0.571 bits per heavy atom. The molecule has 0 aliphatic carbocycles. The Morgan fingerprint density at radius 3 is 0.857 bits per heavy atom. The summed E-state index contributed by atoms with van der Waals surface area (Å²) in [5.74, 6) is -20.5. The predicted octanol–water partition coefficient (Wildman–Crippen LogP) is 2.81. The van der Waals surface area contributed by atoms with E-state index in [2.05, 4.69) is 9.47 Å². The molecule has 0 N–H and O–H groups in total. The molecule has 0 bridgehead atoms. The Hall–Kier alpha value is -3.70. The molecule has 2 aromatic rings. The number of hydrogen-bond acceptors (Lipinski definition) is 6. The van der Waals surface area contributed by atoms with Crippen LogP contribution in [0.3, 0.4) is 0 Å². The molecule has 0 aromatic heterocycles. The van der Waals surface area contributed by atoms with Crippen LogP contribution in [-0.4, -0.2) is 23.9 Å². The van der Waals surface area contributed by atoms with E-state index in [0.29, 0.717) is 0 Å². The Morgan fingerprint density at radius 1 is 0.357 bits per heavy atom. The highest BCUT2D eigenvalue weighted by Crippen LogP contribution is 2.41. The van der Waals surface area contributed by atoms with E-state index in [1.54, 1.807) is 0 Å². The average molecular weight is 402 g/mol. The number of benzene rings is 2. The summed E-state index contributed by atoms with van der Waals surface area (Å²) in [6.45, 7) is 0. The molecule has 142 valence electrons. The normalized spacial score (nSPS) is 14.9. The van der Waals surface area contributed by atoms with Crippen LogP contribution in [0.25, 0.3) is 11.1 Å². The Labute approximate surface area is 148 Å². The fraction of sp³-hybridized carbons (Fsp3) is 0. The lowest BCUT2D eigenvalue weighted by Gasteiger charge is -2.12. The van der Waals surface area contributed by atoms with Crippen molar-refractivity contribution in [2.24, 2.45) is 0 Å². The topological polar surface area (TPSA) is 86.7 Å². The standard InChI is InChI=1S/C16F6O6/c17-7-1(9(19)11(21)5-3(7)13(23)27-15(5)25)2-8(18)4-6(12(22)10(2)20)16(26)28-14(4)24. The molecule has 0 spiro atoms. The van der Waals surface area contributed by atoms with Crippen LogP contribution in [0.1, 0.15) is 41.4 Å². The zero-order chi connectivity index (χ0) is 20.7. The van der Waals surface area contributed by atoms with Crippen molar-refractivity contribution in [3.63, 3.8) is 0 Å². The van der Waals surface area contributed by atoms with E-state index < -0.39 is 92.2 Å². The van der Waals surface area contributed by atoms with Crippen molar-refractivity contribution in [1.82, 2.24) is 0 Å². The number of halogens is 6. The van der Waals surface area contributed by atoms with E-state index in [1.165, 1.54) is 0 Å². The third-order valence-corrected chi connectivity index (χ3v) is 4.08. The lowest BCUT2D eigenvalue weighted by molar-refractivity contribution is 0.0422.